The van der Waals surface area contributed by atoms with Crippen LogP contribution in [0, 0.1) is 0 Å². The van der Waals surface area contributed by atoms with Crippen LogP contribution in [0.15, 0.2) is 66.4 Å². The van der Waals surface area contributed by atoms with Crippen molar-refractivity contribution in [2.24, 2.45) is 0 Å². The number of nitrogens with zero attached hydrogens (tertiary/aromatic N) is 3. The van der Waals surface area contributed by atoms with Crippen LogP contribution >= 0.6 is 0 Å². The van der Waals surface area contributed by atoms with Gasteiger partial charge in [0.1, 0.15) is 0 Å². The third-order valence-corrected chi connectivity index (χ3v) is 6.05. The van der Waals surface area contributed by atoms with E-state index >= 15 is 0 Å². The van der Waals surface area contributed by atoms with Crippen molar-refractivity contribution in [1.82, 2.24) is 14.8 Å². The number of aliphatic hydroxyl groups is 1. The first kappa shape index (κ1) is 21.2. The first-order valence-electron chi connectivity index (χ1n) is 10.8. The number of aromatic nitrogens is 1. The van der Waals surface area contributed by atoms with Gasteiger partial charge in [0.15, 0.2) is 0 Å². The van der Waals surface area contributed by atoms with Gasteiger partial charge in [-0.2, -0.15) is 0 Å². The number of hydrogen-bond donors (Lipinski definition) is 1. The fourth-order valence-electron chi connectivity index (χ4n) is 4.25. The number of benzene rings is 2. The summed E-state index contributed by atoms with van der Waals surface area (Å²) in [5.74, 6) is -0.0825. The summed E-state index contributed by atoms with van der Waals surface area (Å²) in [7, 11) is 3.87. The molecule has 1 aliphatic heterocycles. The topological polar surface area (TPSA) is 56.7 Å². The second-order valence-electron chi connectivity index (χ2n) is 8.19. The Morgan fingerprint density at radius 1 is 1.03 bits per heavy atom. The van der Waals surface area contributed by atoms with E-state index in [2.05, 4.69) is 36.2 Å². The molecule has 1 saturated heterocycles. The predicted octanol–water partition coefficient (Wildman–Crippen LogP) is 3.83. The molecule has 1 aromatic heterocycles. The minimum atomic E-state index is -0.0825. The fourth-order valence-corrected chi connectivity index (χ4v) is 4.25. The number of pyridine rings is 1. The Morgan fingerprint density at radius 2 is 1.71 bits per heavy atom. The minimum absolute atomic E-state index is 0.0426. The molecule has 2 heterocycles. The molecule has 0 aliphatic carbocycles. The number of piperidine rings is 1. The van der Waals surface area contributed by atoms with E-state index in [0.29, 0.717) is 12.1 Å². The van der Waals surface area contributed by atoms with Crippen LogP contribution in [0.2, 0.25) is 0 Å². The van der Waals surface area contributed by atoms with Crippen LogP contribution in [0.3, 0.4) is 0 Å². The van der Waals surface area contributed by atoms with Gasteiger partial charge >= 0.3 is 0 Å². The SMILES string of the molecule is CN1CCC(=C(c2ccc(C(=O)N(C)CCO)cc2)c2cccc3cccnc23)CC1. The quantitative estimate of drug-likeness (QED) is 0.688. The van der Waals surface area contributed by atoms with Gasteiger partial charge in [0.2, 0.25) is 0 Å². The molecule has 31 heavy (non-hydrogen) atoms. The number of para-hydroxylation sites is 1. The van der Waals surface area contributed by atoms with Crippen LogP contribution in [-0.2, 0) is 0 Å². The summed E-state index contributed by atoms with van der Waals surface area (Å²) in [4.78, 5) is 21.2. The highest BCUT2D eigenvalue weighted by Gasteiger charge is 2.20. The maximum Gasteiger partial charge on any atom is 0.253 e. The molecule has 1 fully saturated rings. The Morgan fingerprint density at radius 3 is 2.42 bits per heavy atom. The molecule has 5 heteroatoms. The summed E-state index contributed by atoms with van der Waals surface area (Å²) in [6, 6.07) is 18.3. The van der Waals surface area contributed by atoms with Gasteiger partial charge in [-0.15, -0.1) is 0 Å². The minimum Gasteiger partial charge on any atom is -0.395 e. The van der Waals surface area contributed by atoms with Crippen molar-refractivity contribution in [3.63, 3.8) is 0 Å². The lowest BCUT2D eigenvalue weighted by atomic mass is 9.87. The van der Waals surface area contributed by atoms with Crippen LogP contribution in [0.1, 0.15) is 34.3 Å². The first-order valence-corrected chi connectivity index (χ1v) is 10.8. The molecule has 1 amide bonds. The lowest BCUT2D eigenvalue weighted by Gasteiger charge is -2.27. The van der Waals surface area contributed by atoms with E-state index in [1.54, 1.807) is 11.9 Å². The zero-order valence-electron chi connectivity index (χ0n) is 18.2. The van der Waals surface area contributed by atoms with E-state index < -0.39 is 0 Å². The van der Waals surface area contributed by atoms with Gasteiger partial charge in [-0.05, 0) is 49.2 Å². The van der Waals surface area contributed by atoms with Crippen LogP contribution in [0.4, 0.5) is 0 Å². The van der Waals surface area contributed by atoms with Crippen molar-refractivity contribution in [1.29, 1.82) is 0 Å². The zero-order chi connectivity index (χ0) is 21.8. The Balaban J connectivity index is 1.79. The highest BCUT2D eigenvalue weighted by atomic mass is 16.3. The number of likely N-dealkylation sites (N-methyl/N-ethyl adjacent to an activating group) is 1. The average Bonchev–Trinajstić information content (AvgIpc) is 2.81. The van der Waals surface area contributed by atoms with Gasteiger partial charge in [-0.1, -0.05) is 42.0 Å². The van der Waals surface area contributed by atoms with Crippen molar-refractivity contribution in [2.45, 2.75) is 12.8 Å². The summed E-state index contributed by atoms with van der Waals surface area (Å²) in [6.07, 6.45) is 3.89. The molecule has 160 valence electrons. The molecule has 0 unspecified atom stereocenters. The standard InChI is InChI=1S/C26H29N3O2/c1-28-15-12-20(13-16-28)24(23-7-3-5-21-6-4-14-27-25(21)23)19-8-10-22(11-9-19)26(31)29(2)17-18-30/h3-11,14,30H,12-13,15-18H2,1-2H3. The number of likely N-dealkylation sites (tertiary alicyclic amines) is 1. The van der Waals surface area contributed by atoms with Crippen molar-refractivity contribution in [3.8, 4) is 0 Å². The van der Waals surface area contributed by atoms with E-state index in [0.717, 1.165) is 48.0 Å². The van der Waals surface area contributed by atoms with E-state index in [1.165, 1.54) is 11.1 Å². The third-order valence-electron chi connectivity index (χ3n) is 6.05. The molecule has 5 nitrogen and oxygen atoms in total. The number of fused-ring (bicyclic) bond motifs is 1. The molecule has 0 saturated carbocycles. The maximum absolute atomic E-state index is 12.6. The van der Waals surface area contributed by atoms with Gasteiger partial charge < -0.3 is 14.9 Å². The highest BCUT2D eigenvalue weighted by Crippen LogP contribution is 2.35. The second-order valence-corrected chi connectivity index (χ2v) is 8.19. The summed E-state index contributed by atoms with van der Waals surface area (Å²) in [5, 5.41) is 10.2. The zero-order valence-corrected chi connectivity index (χ0v) is 18.2. The number of aliphatic hydroxyl groups excluding tert-OH is 1. The second kappa shape index (κ2) is 9.41. The molecule has 3 aromatic rings. The number of hydrogen-bond acceptors (Lipinski definition) is 4. The van der Waals surface area contributed by atoms with Gasteiger partial charge in [0.25, 0.3) is 5.91 Å². The normalized spacial score (nSPS) is 14.6. The van der Waals surface area contributed by atoms with E-state index in [-0.39, 0.29) is 12.5 Å². The molecule has 2 aromatic carbocycles. The van der Waals surface area contributed by atoms with Gasteiger partial charge in [-0.25, -0.2) is 0 Å². The third kappa shape index (κ3) is 4.53. The largest absolute Gasteiger partial charge is 0.395 e. The van der Waals surface area contributed by atoms with Crippen LogP contribution in [0.25, 0.3) is 16.5 Å². The smallest absolute Gasteiger partial charge is 0.253 e. The summed E-state index contributed by atoms with van der Waals surface area (Å²) >= 11 is 0. The summed E-state index contributed by atoms with van der Waals surface area (Å²) in [6.45, 7) is 2.36. The van der Waals surface area contributed by atoms with Crippen molar-refractivity contribution >= 4 is 22.4 Å². The van der Waals surface area contributed by atoms with Crippen molar-refractivity contribution in [3.05, 3.63) is 83.1 Å². The maximum atomic E-state index is 12.6. The molecule has 1 aliphatic rings. The Bertz CT molecular complexity index is 1090. The monoisotopic (exact) mass is 415 g/mol. The molecule has 0 radical (unpaired) electrons. The van der Waals surface area contributed by atoms with Gasteiger partial charge in [0, 0.05) is 49.4 Å². The first-order chi connectivity index (χ1) is 15.1. The molecule has 1 N–H and O–H groups in total. The van der Waals surface area contributed by atoms with E-state index in [4.69, 9.17) is 10.1 Å². The molecule has 4 rings (SSSR count). The van der Waals surface area contributed by atoms with Crippen LogP contribution in [-0.4, -0.2) is 66.1 Å². The highest BCUT2D eigenvalue weighted by molar-refractivity contribution is 5.98. The number of carbonyl (C=O) groups is 1. The van der Waals surface area contributed by atoms with E-state index in [1.807, 2.05) is 36.5 Å². The Hall–Kier alpha value is -3.02. The molecule has 0 atom stereocenters. The number of carbonyl (C=O) groups excluding carboxylic acids is 1. The molecular formula is C26H29N3O2. The number of amides is 1. The van der Waals surface area contributed by atoms with Crippen LogP contribution < -0.4 is 0 Å². The summed E-state index contributed by atoms with van der Waals surface area (Å²) < 4.78 is 0. The molecular weight excluding hydrogens is 386 g/mol. The predicted molar refractivity (Wildman–Crippen MR) is 125 cm³/mol. The lowest BCUT2D eigenvalue weighted by Crippen LogP contribution is -2.29. The van der Waals surface area contributed by atoms with Gasteiger partial charge in [-0.3, -0.25) is 9.78 Å². The van der Waals surface area contributed by atoms with E-state index in [9.17, 15) is 4.79 Å². The average molecular weight is 416 g/mol. The fraction of sp³-hybridized carbons (Fsp3) is 0.308. The number of rotatable bonds is 5. The molecule has 0 bridgehead atoms. The van der Waals surface area contributed by atoms with Crippen molar-refractivity contribution < 1.29 is 9.90 Å². The van der Waals surface area contributed by atoms with Crippen LogP contribution in [0.5, 0.6) is 0 Å². The Labute approximate surface area is 183 Å². The summed E-state index contributed by atoms with van der Waals surface area (Å²) in [5.41, 5.74) is 6.57. The van der Waals surface area contributed by atoms with Gasteiger partial charge in [0.05, 0.1) is 12.1 Å². The lowest BCUT2D eigenvalue weighted by molar-refractivity contribution is 0.0767. The molecule has 0 spiro atoms. The Kier molecular flexibility index (Phi) is 6.44. The van der Waals surface area contributed by atoms with Crippen molar-refractivity contribution in [2.75, 3.05) is 40.3 Å².